The molecule has 0 radical (unpaired) electrons. The van der Waals surface area contributed by atoms with E-state index in [1.165, 1.54) is 37.8 Å². The molecule has 0 aromatic carbocycles. The van der Waals surface area contributed by atoms with Gasteiger partial charge in [0.05, 0.1) is 0 Å². The zero-order valence-corrected chi connectivity index (χ0v) is 8.66. The average molecular weight is 169 g/mol. The van der Waals surface area contributed by atoms with Crippen LogP contribution in [-0.2, 0) is 0 Å². The van der Waals surface area contributed by atoms with Gasteiger partial charge in [-0.25, -0.2) is 0 Å². The summed E-state index contributed by atoms with van der Waals surface area (Å²) in [5.41, 5.74) is 1.27. The van der Waals surface area contributed by atoms with Crippen LogP contribution in [0.5, 0.6) is 0 Å². The summed E-state index contributed by atoms with van der Waals surface area (Å²) >= 11 is 0. The van der Waals surface area contributed by atoms with Gasteiger partial charge in [0, 0.05) is 0 Å². The van der Waals surface area contributed by atoms with Gasteiger partial charge in [-0.3, -0.25) is 0 Å². The summed E-state index contributed by atoms with van der Waals surface area (Å²) in [4.78, 5) is 0. The molecule has 0 aromatic heterocycles. The molecule has 72 valence electrons. The zero-order chi connectivity index (χ0) is 9.23. The Morgan fingerprint density at radius 1 is 1.17 bits per heavy atom. The van der Waals surface area contributed by atoms with Crippen LogP contribution in [0.4, 0.5) is 0 Å². The van der Waals surface area contributed by atoms with Crippen LogP contribution in [0.3, 0.4) is 0 Å². The molecule has 0 aliphatic heterocycles. The van der Waals surface area contributed by atoms with Crippen LogP contribution in [0.25, 0.3) is 0 Å². The quantitative estimate of drug-likeness (QED) is 0.435. The number of unbranched alkanes of at least 4 members (excludes halogenated alkanes) is 3. The Balaban J connectivity index is 2.86. The van der Waals surface area contributed by atoms with Crippen LogP contribution in [0.1, 0.15) is 46.0 Å². The number of nitrogens with one attached hydrogen (secondary N) is 1. The van der Waals surface area contributed by atoms with Crippen molar-refractivity contribution >= 4 is 0 Å². The zero-order valence-electron chi connectivity index (χ0n) is 8.66. The van der Waals surface area contributed by atoms with Crippen molar-refractivity contribution in [3.63, 3.8) is 0 Å². The minimum Gasteiger partial charge on any atom is -0.316 e. The van der Waals surface area contributed by atoms with E-state index in [2.05, 4.69) is 25.7 Å². The van der Waals surface area contributed by atoms with Gasteiger partial charge in [0.15, 0.2) is 0 Å². The molecule has 0 fully saturated rings. The van der Waals surface area contributed by atoms with Crippen molar-refractivity contribution in [2.75, 3.05) is 13.1 Å². The molecule has 0 saturated heterocycles. The van der Waals surface area contributed by atoms with Gasteiger partial charge in [0.2, 0.25) is 0 Å². The highest BCUT2D eigenvalue weighted by atomic mass is 14.8. The van der Waals surface area contributed by atoms with Gasteiger partial charge >= 0.3 is 0 Å². The molecule has 12 heavy (non-hydrogen) atoms. The standard InChI is InChI=1S/C11H23N/c1-4-5-6-7-9-12-10-8-11(2)3/h12H,2,4-10H2,1,3H3. The molecular formula is C11H23N. The average Bonchev–Trinajstić information content (AvgIpc) is 2.02. The lowest BCUT2D eigenvalue weighted by Gasteiger charge is -2.03. The van der Waals surface area contributed by atoms with E-state index in [-0.39, 0.29) is 0 Å². The summed E-state index contributed by atoms with van der Waals surface area (Å²) in [6, 6.07) is 0. The van der Waals surface area contributed by atoms with E-state index in [9.17, 15) is 0 Å². The van der Waals surface area contributed by atoms with E-state index in [1.807, 2.05) is 0 Å². The molecule has 1 nitrogen and oxygen atoms in total. The second-order valence-electron chi connectivity index (χ2n) is 3.52. The first kappa shape index (κ1) is 11.7. The van der Waals surface area contributed by atoms with Gasteiger partial charge < -0.3 is 5.32 Å². The highest BCUT2D eigenvalue weighted by Crippen LogP contribution is 1.97. The molecule has 0 unspecified atom stereocenters. The lowest BCUT2D eigenvalue weighted by molar-refractivity contribution is 0.598. The minimum absolute atomic E-state index is 1.10. The summed E-state index contributed by atoms with van der Waals surface area (Å²) < 4.78 is 0. The van der Waals surface area contributed by atoms with Crippen LogP contribution < -0.4 is 5.32 Å². The third kappa shape index (κ3) is 9.70. The highest BCUT2D eigenvalue weighted by molar-refractivity contribution is 4.87. The first-order valence-corrected chi connectivity index (χ1v) is 5.12. The number of hydrogen-bond acceptors (Lipinski definition) is 1. The summed E-state index contributed by atoms with van der Waals surface area (Å²) in [5.74, 6) is 0. The maximum Gasteiger partial charge on any atom is -0.00118 e. The molecule has 0 aliphatic rings. The number of rotatable bonds is 8. The molecule has 1 heteroatoms. The molecule has 0 aromatic rings. The summed E-state index contributed by atoms with van der Waals surface area (Å²) in [5, 5.41) is 3.41. The summed E-state index contributed by atoms with van der Waals surface area (Å²) in [6.45, 7) is 10.5. The van der Waals surface area contributed by atoms with Gasteiger partial charge in [-0.2, -0.15) is 0 Å². The summed E-state index contributed by atoms with van der Waals surface area (Å²) in [7, 11) is 0. The second kappa shape index (κ2) is 8.79. The van der Waals surface area contributed by atoms with E-state index in [0.717, 1.165) is 13.0 Å². The first-order chi connectivity index (χ1) is 5.77. The highest BCUT2D eigenvalue weighted by Gasteiger charge is 1.88. The van der Waals surface area contributed by atoms with Crippen molar-refractivity contribution in [1.82, 2.24) is 5.32 Å². The minimum atomic E-state index is 1.10. The van der Waals surface area contributed by atoms with E-state index < -0.39 is 0 Å². The molecule has 0 spiro atoms. The van der Waals surface area contributed by atoms with Crippen molar-refractivity contribution in [2.24, 2.45) is 0 Å². The number of hydrogen-bond donors (Lipinski definition) is 1. The van der Waals surface area contributed by atoms with E-state index in [4.69, 9.17) is 0 Å². The molecule has 0 heterocycles. The van der Waals surface area contributed by atoms with Gasteiger partial charge in [0.25, 0.3) is 0 Å². The normalized spacial score (nSPS) is 10.2. The Kier molecular flexibility index (Phi) is 8.57. The van der Waals surface area contributed by atoms with Gasteiger partial charge in [-0.05, 0) is 32.9 Å². The maximum absolute atomic E-state index is 3.86. The predicted octanol–water partition coefficient (Wildman–Crippen LogP) is 3.12. The molecule has 0 atom stereocenters. The second-order valence-corrected chi connectivity index (χ2v) is 3.52. The fraction of sp³-hybridized carbons (Fsp3) is 0.818. The Morgan fingerprint density at radius 2 is 1.92 bits per heavy atom. The van der Waals surface area contributed by atoms with Crippen molar-refractivity contribution < 1.29 is 0 Å². The monoisotopic (exact) mass is 169 g/mol. The predicted molar refractivity (Wildman–Crippen MR) is 56.4 cm³/mol. The van der Waals surface area contributed by atoms with Crippen molar-refractivity contribution in [1.29, 1.82) is 0 Å². The SMILES string of the molecule is C=C(C)CCNCCCCCC. The Labute approximate surface area is 77.2 Å². The van der Waals surface area contributed by atoms with Crippen LogP contribution in [0.2, 0.25) is 0 Å². The fourth-order valence-electron chi connectivity index (χ4n) is 1.10. The molecule has 0 bridgehead atoms. The Morgan fingerprint density at radius 3 is 2.50 bits per heavy atom. The van der Waals surface area contributed by atoms with Gasteiger partial charge in [0.1, 0.15) is 0 Å². The third-order valence-corrected chi connectivity index (χ3v) is 1.94. The van der Waals surface area contributed by atoms with Crippen molar-refractivity contribution in [3.8, 4) is 0 Å². The largest absolute Gasteiger partial charge is 0.316 e. The van der Waals surface area contributed by atoms with Crippen LogP contribution >= 0.6 is 0 Å². The van der Waals surface area contributed by atoms with Crippen molar-refractivity contribution in [2.45, 2.75) is 46.0 Å². The lowest BCUT2D eigenvalue weighted by atomic mass is 10.2. The maximum atomic E-state index is 3.86. The molecule has 0 amide bonds. The lowest BCUT2D eigenvalue weighted by Crippen LogP contribution is -2.16. The Hall–Kier alpha value is -0.300. The van der Waals surface area contributed by atoms with Gasteiger partial charge in [-0.15, -0.1) is 6.58 Å². The van der Waals surface area contributed by atoms with Crippen LogP contribution in [0, 0.1) is 0 Å². The molecule has 0 aliphatic carbocycles. The Bertz CT molecular complexity index is 108. The topological polar surface area (TPSA) is 12.0 Å². The summed E-state index contributed by atoms with van der Waals surface area (Å²) in [6.07, 6.45) is 6.52. The molecule has 0 saturated carbocycles. The molecule has 0 rings (SSSR count). The fourth-order valence-corrected chi connectivity index (χ4v) is 1.10. The molecule has 1 N–H and O–H groups in total. The third-order valence-electron chi connectivity index (χ3n) is 1.94. The van der Waals surface area contributed by atoms with E-state index >= 15 is 0 Å². The first-order valence-electron chi connectivity index (χ1n) is 5.12. The van der Waals surface area contributed by atoms with Gasteiger partial charge in [-0.1, -0.05) is 31.8 Å². The van der Waals surface area contributed by atoms with Crippen LogP contribution in [0.15, 0.2) is 12.2 Å². The van der Waals surface area contributed by atoms with Crippen molar-refractivity contribution in [3.05, 3.63) is 12.2 Å². The van der Waals surface area contributed by atoms with E-state index in [1.54, 1.807) is 0 Å². The smallest absolute Gasteiger partial charge is 0.00118 e. The molecular weight excluding hydrogens is 146 g/mol. The van der Waals surface area contributed by atoms with E-state index in [0.29, 0.717) is 0 Å². The van der Waals surface area contributed by atoms with Crippen LogP contribution in [-0.4, -0.2) is 13.1 Å².